The van der Waals surface area contributed by atoms with E-state index in [0.717, 1.165) is 55.8 Å². The smallest absolute Gasteiger partial charge is 0.160 e. The molecule has 0 unspecified atom stereocenters. The van der Waals surface area contributed by atoms with Crippen molar-refractivity contribution < 1.29 is 0 Å². The van der Waals surface area contributed by atoms with Crippen LogP contribution >= 0.6 is 0 Å². The predicted octanol–water partition coefficient (Wildman–Crippen LogP) is 10.9. The van der Waals surface area contributed by atoms with Crippen LogP contribution in [0.2, 0.25) is 0 Å². The highest BCUT2D eigenvalue weighted by molar-refractivity contribution is 6.22. The molecule has 1 aliphatic carbocycles. The maximum Gasteiger partial charge on any atom is 0.160 e. The number of aromatic nitrogens is 3. The monoisotopic (exact) mass is 610 g/mol. The van der Waals surface area contributed by atoms with Crippen molar-refractivity contribution in [2.75, 3.05) is 0 Å². The van der Waals surface area contributed by atoms with Gasteiger partial charge in [-0.15, -0.1) is 0 Å². The second-order valence-electron chi connectivity index (χ2n) is 11.9. The van der Waals surface area contributed by atoms with Gasteiger partial charge >= 0.3 is 0 Å². The molecular formula is C44H26N4. The molecule has 2 aromatic heterocycles. The van der Waals surface area contributed by atoms with Crippen LogP contribution in [0.3, 0.4) is 0 Å². The molecule has 4 heteroatoms. The summed E-state index contributed by atoms with van der Waals surface area (Å²) < 4.78 is 0. The van der Waals surface area contributed by atoms with Crippen molar-refractivity contribution in [2.24, 2.45) is 0 Å². The molecule has 6 aromatic carbocycles. The molecule has 0 aliphatic heterocycles. The third kappa shape index (κ3) is 4.57. The van der Waals surface area contributed by atoms with Gasteiger partial charge in [0.1, 0.15) is 0 Å². The third-order valence-corrected chi connectivity index (χ3v) is 9.17. The van der Waals surface area contributed by atoms with Crippen LogP contribution in [0.5, 0.6) is 0 Å². The number of benzene rings is 6. The highest BCUT2D eigenvalue weighted by Crippen LogP contribution is 2.51. The first-order chi connectivity index (χ1) is 23.7. The Morgan fingerprint density at radius 2 is 0.958 bits per heavy atom. The van der Waals surface area contributed by atoms with Gasteiger partial charge in [-0.1, -0.05) is 121 Å². The molecule has 8 aromatic rings. The lowest BCUT2D eigenvalue weighted by Crippen LogP contribution is -1.97. The molecule has 0 saturated carbocycles. The molecule has 9 rings (SSSR count). The van der Waals surface area contributed by atoms with Crippen LogP contribution in [0, 0.1) is 11.3 Å². The standard InChI is InChI=1S/C44H26N4/c45-27-28-13-15-29(16-14-28)33-21-22-36-34-10-4-5-11-35(34)37-23-24-38(42(33)43(36)37)41-26-40(30-8-2-1-3-9-30)47-44(48-41)32-19-17-31(18-20-32)39-12-6-7-25-46-39/h1-26H. The number of hydrogen-bond donors (Lipinski definition) is 0. The van der Waals surface area contributed by atoms with Crippen LogP contribution in [0.4, 0.5) is 0 Å². The van der Waals surface area contributed by atoms with Gasteiger partial charge in [-0.05, 0) is 69.1 Å². The van der Waals surface area contributed by atoms with Gasteiger partial charge in [-0.25, -0.2) is 9.97 Å². The Labute approximate surface area is 278 Å². The third-order valence-electron chi connectivity index (χ3n) is 9.17. The molecule has 222 valence electrons. The number of fused-ring (bicyclic) bond motifs is 3. The van der Waals surface area contributed by atoms with Crippen molar-refractivity contribution >= 4 is 10.8 Å². The average Bonchev–Trinajstić information content (AvgIpc) is 3.50. The molecule has 0 saturated heterocycles. The first-order valence-corrected chi connectivity index (χ1v) is 15.9. The van der Waals surface area contributed by atoms with Gasteiger partial charge in [0.2, 0.25) is 0 Å². The summed E-state index contributed by atoms with van der Waals surface area (Å²) in [5, 5.41) is 11.8. The summed E-state index contributed by atoms with van der Waals surface area (Å²) in [4.78, 5) is 14.9. The zero-order valence-corrected chi connectivity index (χ0v) is 25.8. The first-order valence-electron chi connectivity index (χ1n) is 15.9. The summed E-state index contributed by atoms with van der Waals surface area (Å²) >= 11 is 0. The van der Waals surface area contributed by atoms with Gasteiger partial charge in [0.25, 0.3) is 0 Å². The number of nitrogens with zero attached hydrogens (tertiary/aromatic N) is 4. The van der Waals surface area contributed by atoms with Gasteiger partial charge < -0.3 is 0 Å². The highest BCUT2D eigenvalue weighted by Gasteiger charge is 2.25. The lowest BCUT2D eigenvalue weighted by Gasteiger charge is -2.16. The topological polar surface area (TPSA) is 62.5 Å². The van der Waals surface area contributed by atoms with Gasteiger partial charge in [0.15, 0.2) is 5.82 Å². The van der Waals surface area contributed by atoms with Gasteiger partial charge in [-0.3, -0.25) is 4.98 Å². The maximum atomic E-state index is 9.49. The zero-order valence-electron chi connectivity index (χ0n) is 25.8. The Morgan fingerprint density at radius 1 is 0.396 bits per heavy atom. The van der Waals surface area contributed by atoms with E-state index in [2.05, 4.69) is 102 Å². The van der Waals surface area contributed by atoms with Gasteiger partial charge in [0, 0.05) is 33.8 Å². The van der Waals surface area contributed by atoms with Crippen molar-refractivity contribution in [3.63, 3.8) is 0 Å². The number of hydrogen-bond acceptors (Lipinski definition) is 4. The van der Waals surface area contributed by atoms with Crippen LogP contribution in [-0.4, -0.2) is 15.0 Å². The normalized spacial score (nSPS) is 11.3. The first kappa shape index (κ1) is 27.6. The van der Waals surface area contributed by atoms with Gasteiger partial charge in [0.05, 0.1) is 28.7 Å². The Hall–Kier alpha value is -6.70. The van der Waals surface area contributed by atoms with E-state index in [1.54, 1.807) is 0 Å². The Bertz CT molecular complexity index is 2500. The van der Waals surface area contributed by atoms with Crippen LogP contribution < -0.4 is 0 Å². The molecule has 4 nitrogen and oxygen atoms in total. The summed E-state index contributed by atoms with van der Waals surface area (Å²) in [5.74, 6) is 0.658. The highest BCUT2D eigenvalue weighted by atomic mass is 14.9. The van der Waals surface area contributed by atoms with Gasteiger partial charge in [-0.2, -0.15) is 5.26 Å². The molecule has 0 bridgehead atoms. The van der Waals surface area contributed by atoms with E-state index in [4.69, 9.17) is 9.97 Å². The van der Waals surface area contributed by atoms with Crippen LogP contribution in [0.25, 0.3) is 89.3 Å². The Balaban J connectivity index is 1.30. The molecular weight excluding hydrogens is 585 g/mol. The summed E-state index contributed by atoms with van der Waals surface area (Å²) in [6.45, 7) is 0. The second-order valence-corrected chi connectivity index (χ2v) is 11.9. The minimum Gasteiger partial charge on any atom is -0.256 e. The number of nitriles is 1. The van der Waals surface area contributed by atoms with E-state index in [-0.39, 0.29) is 0 Å². The van der Waals surface area contributed by atoms with Crippen LogP contribution in [0.15, 0.2) is 158 Å². The minimum atomic E-state index is 0.638. The fourth-order valence-electron chi connectivity index (χ4n) is 6.87. The molecule has 0 N–H and O–H groups in total. The van der Waals surface area contributed by atoms with Crippen LogP contribution in [-0.2, 0) is 0 Å². The van der Waals surface area contributed by atoms with Crippen molar-refractivity contribution in [1.29, 1.82) is 5.26 Å². The van der Waals surface area contributed by atoms with E-state index in [1.807, 2.05) is 66.9 Å². The van der Waals surface area contributed by atoms with Crippen molar-refractivity contribution in [3.05, 3.63) is 163 Å². The fraction of sp³-hybridized carbons (Fsp3) is 0. The van der Waals surface area contributed by atoms with Crippen molar-refractivity contribution in [3.8, 4) is 84.6 Å². The maximum absolute atomic E-state index is 9.49. The SMILES string of the molecule is N#Cc1ccc(-c2ccc3c4c(ccc(-c5cc(-c6ccccc6)nc(-c6ccc(-c7ccccn7)cc6)n5)c24)-c2ccccc2-3)cc1. The molecule has 1 aliphatic rings. The van der Waals surface area contributed by atoms with Crippen LogP contribution in [0.1, 0.15) is 5.56 Å². The number of rotatable bonds is 5. The minimum absolute atomic E-state index is 0.638. The predicted molar refractivity (Wildman–Crippen MR) is 194 cm³/mol. The molecule has 0 fully saturated rings. The molecule has 2 heterocycles. The van der Waals surface area contributed by atoms with E-state index in [9.17, 15) is 5.26 Å². The van der Waals surface area contributed by atoms with Crippen molar-refractivity contribution in [2.45, 2.75) is 0 Å². The van der Waals surface area contributed by atoms with E-state index in [1.165, 1.54) is 27.6 Å². The van der Waals surface area contributed by atoms with E-state index in [0.29, 0.717) is 11.4 Å². The molecule has 48 heavy (non-hydrogen) atoms. The lowest BCUT2D eigenvalue weighted by atomic mass is 9.89. The lowest BCUT2D eigenvalue weighted by molar-refractivity contribution is 1.18. The molecule has 0 radical (unpaired) electrons. The summed E-state index contributed by atoms with van der Waals surface area (Å²) in [6, 6.07) is 54.3. The fourth-order valence-corrected chi connectivity index (χ4v) is 6.87. The quantitative estimate of drug-likeness (QED) is 0.194. The molecule has 0 atom stereocenters. The number of pyridine rings is 1. The van der Waals surface area contributed by atoms with E-state index >= 15 is 0 Å². The van der Waals surface area contributed by atoms with Crippen molar-refractivity contribution in [1.82, 2.24) is 15.0 Å². The summed E-state index contributed by atoms with van der Waals surface area (Å²) in [5.41, 5.74) is 14.4. The average molecular weight is 611 g/mol. The Morgan fingerprint density at radius 3 is 1.65 bits per heavy atom. The second kappa shape index (κ2) is 11.3. The molecule has 0 spiro atoms. The Kier molecular flexibility index (Phi) is 6.48. The largest absolute Gasteiger partial charge is 0.256 e. The van der Waals surface area contributed by atoms with E-state index < -0.39 is 0 Å². The summed E-state index contributed by atoms with van der Waals surface area (Å²) in [7, 11) is 0. The zero-order chi connectivity index (χ0) is 32.0. The molecule has 0 amide bonds. The summed E-state index contributed by atoms with van der Waals surface area (Å²) in [6.07, 6.45) is 1.81.